The summed E-state index contributed by atoms with van der Waals surface area (Å²) in [5.41, 5.74) is -1.27. The monoisotopic (exact) mass is 294 g/mol. The maximum absolute atomic E-state index is 13.4. The number of hydrogen-bond acceptors (Lipinski definition) is 4. The summed E-state index contributed by atoms with van der Waals surface area (Å²) in [5, 5.41) is 0. The summed E-state index contributed by atoms with van der Waals surface area (Å²) in [6.45, 7) is 4.85. The van der Waals surface area contributed by atoms with E-state index in [9.17, 15) is 17.6 Å². The second-order valence-electron chi connectivity index (χ2n) is 4.58. The largest absolute Gasteiger partial charge is 0.456 e. The van der Waals surface area contributed by atoms with E-state index < -0.39 is 32.0 Å². The first-order chi connectivity index (χ1) is 8.00. The SMILES string of the molecule is CC(C)(C)OC(=O)c1cc(S(=O)(=O)Cl)ccc1F. The summed E-state index contributed by atoms with van der Waals surface area (Å²) in [5.74, 6) is -1.81. The van der Waals surface area contributed by atoms with E-state index in [1.807, 2.05) is 0 Å². The maximum atomic E-state index is 13.4. The van der Waals surface area contributed by atoms with Crippen LogP contribution in [-0.4, -0.2) is 20.0 Å². The van der Waals surface area contributed by atoms with Crippen molar-refractivity contribution in [3.63, 3.8) is 0 Å². The molecule has 0 aliphatic heterocycles. The molecule has 0 heterocycles. The molecule has 0 aromatic heterocycles. The van der Waals surface area contributed by atoms with Gasteiger partial charge >= 0.3 is 5.97 Å². The molecule has 100 valence electrons. The summed E-state index contributed by atoms with van der Waals surface area (Å²) in [6.07, 6.45) is 0. The fourth-order valence-corrected chi connectivity index (χ4v) is 1.92. The van der Waals surface area contributed by atoms with Crippen LogP contribution in [0.4, 0.5) is 4.39 Å². The van der Waals surface area contributed by atoms with Gasteiger partial charge in [-0.1, -0.05) is 0 Å². The normalized spacial score (nSPS) is 12.3. The van der Waals surface area contributed by atoms with E-state index in [2.05, 4.69) is 0 Å². The number of rotatable bonds is 2. The fourth-order valence-electron chi connectivity index (χ4n) is 1.15. The van der Waals surface area contributed by atoms with Gasteiger partial charge in [0.15, 0.2) is 0 Å². The molecule has 0 spiro atoms. The van der Waals surface area contributed by atoms with Crippen molar-refractivity contribution in [1.82, 2.24) is 0 Å². The van der Waals surface area contributed by atoms with Gasteiger partial charge in [0.05, 0.1) is 10.5 Å². The molecule has 1 rings (SSSR count). The molecule has 0 fully saturated rings. The smallest absolute Gasteiger partial charge is 0.341 e. The van der Waals surface area contributed by atoms with Crippen LogP contribution in [0.5, 0.6) is 0 Å². The van der Waals surface area contributed by atoms with Crippen LogP contribution in [-0.2, 0) is 13.8 Å². The molecule has 7 heteroatoms. The minimum Gasteiger partial charge on any atom is -0.456 e. The fraction of sp³-hybridized carbons (Fsp3) is 0.364. The van der Waals surface area contributed by atoms with Gasteiger partial charge in [0.2, 0.25) is 0 Å². The van der Waals surface area contributed by atoms with Crippen molar-refractivity contribution in [3.05, 3.63) is 29.6 Å². The van der Waals surface area contributed by atoms with E-state index >= 15 is 0 Å². The molecule has 0 bridgehead atoms. The topological polar surface area (TPSA) is 60.4 Å². The first-order valence-corrected chi connectivity index (χ1v) is 7.29. The third-order valence-electron chi connectivity index (χ3n) is 1.84. The van der Waals surface area contributed by atoms with Crippen molar-refractivity contribution in [2.45, 2.75) is 31.3 Å². The third kappa shape index (κ3) is 3.96. The Morgan fingerprint density at radius 1 is 1.33 bits per heavy atom. The Morgan fingerprint density at radius 3 is 2.33 bits per heavy atom. The number of carbonyl (C=O) groups is 1. The van der Waals surface area contributed by atoms with Crippen molar-refractivity contribution in [1.29, 1.82) is 0 Å². The predicted molar refractivity (Wildman–Crippen MR) is 64.6 cm³/mol. The molecule has 0 atom stereocenters. The zero-order valence-electron chi connectivity index (χ0n) is 10.0. The summed E-state index contributed by atoms with van der Waals surface area (Å²) >= 11 is 0. The minimum atomic E-state index is -4.02. The lowest BCUT2D eigenvalue weighted by Crippen LogP contribution is -2.24. The van der Waals surface area contributed by atoms with Gasteiger partial charge < -0.3 is 4.74 Å². The molecular formula is C11H12ClFO4S. The summed E-state index contributed by atoms with van der Waals surface area (Å²) in [6, 6.07) is 2.69. The Bertz CT molecular complexity index is 575. The molecule has 0 aliphatic rings. The molecule has 4 nitrogen and oxygen atoms in total. The average Bonchev–Trinajstić information content (AvgIpc) is 2.13. The lowest BCUT2D eigenvalue weighted by atomic mass is 10.1. The van der Waals surface area contributed by atoms with Crippen molar-refractivity contribution in [2.24, 2.45) is 0 Å². The van der Waals surface area contributed by atoms with Crippen LogP contribution in [0.25, 0.3) is 0 Å². The maximum Gasteiger partial charge on any atom is 0.341 e. The van der Waals surface area contributed by atoms with Crippen LogP contribution in [0.3, 0.4) is 0 Å². The van der Waals surface area contributed by atoms with E-state index in [0.29, 0.717) is 0 Å². The van der Waals surface area contributed by atoms with Crippen LogP contribution in [0.15, 0.2) is 23.1 Å². The van der Waals surface area contributed by atoms with Gasteiger partial charge in [0.25, 0.3) is 9.05 Å². The van der Waals surface area contributed by atoms with Gasteiger partial charge in [0.1, 0.15) is 11.4 Å². The van der Waals surface area contributed by atoms with E-state index in [4.69, 9.17) is 15.4 Å². The molecule has 0 amide bonds. The van der Waals surface area contributed by atoms with Crippen molar-refractivity contribution < 1.29 is 22.3 Å². The van der Waals surface area contributed by atoms with Gasteiger partial charge in [-0.25, -0.2) is 17.6 Å². The molecule has 0 unspecified atom stereocenters. The zero-order chi connectivity index (χ0) is 14.1. The molecule has 1 aromatic rings. The van der Waals surface area contributed by atoms with E-state index in [1.165, 1.54) is 0 Å². The second-order valence-corrected chi connectivity index (χ2v) is 7.15. The zero-order valence-corrected chi connectivity index (χ0v) is 11.6. The van der Waals surface area contributed by atoms with Gasteiger partial charge in [-0.3, -0.25) is 0 Å². The molecule has 0 saturated heterocycles. The Morgan fingerprint density at radius 2 is 1.89 bits per heavy atom. The lowest BCUT2D eigenvalue weighted by Gasteiger charge is -2.19. The molecule has 1 aromatic carbocycles. The Kier molecular flexibility index (Phi) is 4.02. The summed E-state index contributed by atoms with van der Waals surface area (Å²) in [7, 11) is 1.10. The quantitative estimate of drug-likeness (QED) is 0.621. The minimum absolute atomic E-state index is 0.355. The predicted octanol–water partition coefficient (Wildman–Crippen LogP) is 2.71. The van der Waals surface area contributed by atoms with Crippen molar-refractivity contribution >= 4 is 25.7 Å². The van der Waals surface area contributed by atoms with Crippen molar-refractivity contribution in [2.75, 3.05) is 0 Å². The number of carbonyl (C=O) groups excluding carboxylic acids is 1. The number of ether oxygens (including phenoxy) is 1. The van der Waals surface area contributed by atoms with Gasteiger partial charge in [-0.15, -0.1) is 0 Å². The molecule has 0 radical (unpaired) electrons. The molecule has 0 saturated carbocycles. The summed E-state index contributed by atoms with van der Waals surface area (Å²) < 4.78 is 40.6. The lowest BCUT2D eigenvalue weighted by molar-refractivity contribution is 0.00644. The Labute approximate surface area is 109 Å². The highest BCUT2D eigenvalue weighted by molar-refractivity contribution is 8.13. The van der Waals surface area contributed by atoms with Gasteiger partial charge in [-0.2, -0.15) is 0 Å². The number of halogens is 2. The first kappa shape index (κ1) is 14.9. The molecule has 18 heavy (non-hydrogen) atoms. The standard InChI is InChI=1S/C11H12ClFO4S/c1-11(2,3)17-10(14)8-6-7(18(12,15)16)4-5-9(8)13/h4-6H,1-3H3. The van der Waals surface area contributed by atoms with E-state index in [-0.39, 0.29) is 4.90 Å². The van der Waals surface area contributed by atoms with Crippen LogP contribution in [0.2, 0.25) is 0 Å². The average molecular weight is 295 g/mol. The van der Waals surface area contributed by atoms with Gasteiger partial charge in [0, 0.05) is 10.7 Å². The van der Waals surface area contributed by atoms with Crippen LogP contribution in [0, 0.1) is 5.82 Å². The first-order valence-electron chi connectivity index (χ1n) is 4.98. The van der Waals surface area contributed by atoms with Crippen LogP contribution >= 0.6 is 10.7 Å². The van der Waals surface area contributed by atoms with E-state index in [0.717, 1.165) is 18.2 Å². The van der Waals surface area contributed by atoms with Crippen molar-refractivity contribution in [3.8, 4) is 0 Å². The number of hydrogen-bond donors (Lipinski definition) is 0. The highest BCUT2D eigenvalue weighted by atomic mass is 35.7. The highest BCUT2D eigenvalue weighted by Gasteiger charge is 2.23. The molecule has 0 aliphatic carbocycles. The van der Waals surface area contributed by atoms with Gasteiger partial charge in [-0.05, 0) is 39.0 Å². The Hall–Kier alpha value is -1.14. The molecule has 0 N–H and O–H groups in total. The summed E-state index contributed by atoms with van der Waals surface area (Å²) in [4.78, 5) is 11.3. The third-order valence-corrected chi connectivity index (χ3v) is 3.19. The van der Waals surface area contributed by atoms with Crippen LogP contribution in [0.1, 0.15) is 31.1 Å². The number of esters is 1. The second kappa shape index (κ2) is 4.85. The van der Waals surface area contributed by atoms with Crippen LogP contribution < -0.4 is 0 Å². The van der Waals surface area contributed by atoms with E-state index in [1.54, 1.807) is 20.8 Å². The molecular weight excluding hydrogens is 283 g/mol. The highest BCUT2D eigenvalue weighted by Crippen LogP contribution is 2.21. The number of benzene rings is 1. The Balaban J connectivity index is 3.21.